The Hall–Kier alpha value is -2.37. The van der Waals surface area contributed by atoms with Crippen LogP contribution < -0.4 is 4.74 Å². The maximum absolute atomic E-state index is 12.5. The number of fused-ring (bicyclic) bond motifs is 1. The van der Waals surface area contributed by atoms with E-state index in [2.05, 4.69) is 34.7 Å². The Kier molecular flexibility index (Phi) is 5.14. The van der Waals surface area contributed by atoms with E-state index in [9.17, 15) is 4.79 Å². The van der Waals surface area contributed by atoms with Crippen LogP contribution in [0.25, 0.3) is 0 Å². The Balaban J connectivity index is 1.25. The third-order valence-electron chi connectivity index (χ3n) is 5.98. The van der Waals surface area contributed by atoms with Crippen molar-refractivity contribution in [2.75, 3.05) is 19.7 Å². The maximum atomic E-state index is 12.5. The van der Waals surface area contributed by atoms with Gasteiger partial charge in [-0.05, 0) is 50.3 Å². The van der Waals surface area contributed by atoms with Crippen molar-refractivity contribution in [3.63, 3.8) is 0 Å². The quantitative estimate of drug-likeness (QED) is 0.814. The number of ether oxygens (including phenoxy) is 1. The van der Waals surface area contributed by atoms with Gasteiger partial charge < -0.3 is 14.2 Å². The van der Waals surface area contributed by atoms with E-state index in [0.29, 0.717) is 18.9 Å². The SMILES string of the molecule is Cc1cccc(OCCC(=O)N2CCC(c3nnc4n3CCC4)CC2)c1C. The van der Waals surface area contributed by atoms with Crippen molar-refractivity contribution in [1.82, 2.24) is 19.7 Å². The predicted octanol–water partition coefficient (Wildman–Crippen LogP) is 3.02. The number of hydrogen-bond acceptors (Lipinski definition) is 4. The van der Waals surface area contributed by atoms with Gasteiger partial charge in [-0.3, -0.25) is 4.79 Å². The number of aryl methyl sites for hydroxylation is 2. The first-order valence-electron chi connectivity index (χ1n) is 10.0. The predicted molar refractivity (Wildman–Crippen MR) is 103 cm³/mol. The fraction of sp³-hybridized carbons (Fsp3) is 0.571. The molecule has 0 unspecified atom stereocenters. The minimum absolute atomic E-state index is 0.185. The standard InChI is InChI=1S/C21H28N4O2/c1-15-5-3-6-18(16(15)2)27-14-10-20(26)24-12-8-17(9-13-24)21-23-22-19-7-4-11-25(19)21/h3,5-6,17H,4,7-14H2,1-2H3. The van der Waals surface area contributed by atoms with E-state index in [-0.39, 0.29) is 5.91 Å². The van der Waals surface area contributed by atoms with Gasteiger partial charge in [-0.15, -0.1) is 10.2 Å². The average Bonchev–Trinajstić information content (AvgIpc) is 3.29. The van der Waals surface area contributed by atoms with Crippen LogP contribution in [0.5, 0.6) is 5.75 Å². The lowest BCUT2D eigenvalue weighted by atomic mass is 9.95. The molecule has 1 fully saturated rings. The molecule has 2 aliphatic heterocycles. The molecule has 144 valence electrons. The molecule has 3 heterocycles. The molecule has 6 nitrogen and oxygen atoms in total. The van der Waals surface area contributed by atoms with Gasteiger partial charge in [-0.1, -0.05) is 12.1 Å². The summed E-state index contributed by atoms with van der Waals surface area (Å²) in [5.74, 6) is 3.76. The van der Waals surface area contributed by atoms with Gasteiger partial charge in [0, 0.05) is 32.0 Å². The summed E-state index contributed by atoms with van der Waals surface area (Å²) in [5.41, 5.74) is 2.35. The lowest BCUT2D eigenvalue weighted by molar-refractivity contribution is -0.132. The molecular weight excluding hydrogens is 340 g/mol. The third-order valence-corrected chi connectivity index (χ3v) is 5.98. The van der Waals surface area contributed by atoms with Crippen LogP contribution in [-0.4, -0.2) is 45.3 Å². The Bertz CT molecular complexity index is 822. The number of rotatable bonds is 5. The Morgan fingerprint density at radius 1 is 1.19 bits per heavy atom. The molecule has 1 amide bonds. The number of hydrogen-bond donors (Lipinski definition) is 0. The fourth-order valence-electron chi connectivity index (χ4n) is 4.15. The summed E-state index contributed by atoms with van der Waals surface area (Å²) < 4.78 is 8.13. The Labute approximate surface area is 160 Å². The molecular formula is C21H28N4O2. The van der Waals surface area contributed by atoms with Crippen LogP contribution >= 0.6 is 0 Å². The molecule has 0 aliphatic carbocycles. The van der Waals surface area contributed by atoms with E-state index in [1.54, 1.807) is 0 Å². The van der Waals surface area contributed by atoms with Crippen molar-refractivity contribution >= 4 is 5.91 Å². The third kappa shape index (κ3) is 3.70. The summed E-state index contributed by atoms with van der Waals surface area (Å²) in [6.07, 6.45) is 4.60. The highest BCUT2D eigenvalue weighted by molar-refractivity contribution is 5.76. The Morgan fingerprint density at radius 2 is 2.00 bits per heavy atom. The minimum atomic E-state index is 0.185. The maximum Gasteiger partial charge on any atom is 0.225 e. The van der Waals surface area contributed by atoms with Crippen LogP contribution in [0.15, 0.2) is 18.2 Å². The number of carbonyl (C=O) groups is 1. The zero-order chi connectivity index (χ0) is 18.8. The van der Waals surface area contributed by atoms with Crippen molar-refractivity contribution in [3.05, 3.63) is 41.0 Å². The number of likely N-dealkylation sites (tertiary alicyclic amines) is 1. The van der Waals surface area contributed by atoms with Gasteiger partial charge in [0.1, 0.15) is 17.4 Å². The van der Waals surface area contributed by atoms with E-state index in [1.807, 2.05) is 17.0 Å². The molecule has 0 bridgehead atoms. The second-order valence-corrected chi connectivity index (χ2v) is 7.68. The minimum Gasteiger partial charge on any atom is -0.493 e. The smallest absolute Gasteiger partial charge is 0.225 e. The summed E-state index contributed by atoms with van der Waals surface area (Å²) in [7, 11) is 0. The van der Waals surface area contributed by atoms with Crippen LogP contribution in [-0.2, 0) is 17.8 Å². The lowest BCUT2D eigenvalue weighted by Crippen LogP contribution is -2.39. The first kappa shape index (κ1) is 18.0. The van der Waals surface area contributed by atoms with Gasteiger partial charge in [0.2, 0.25) is 5.91 Å². The van der Waals surface area contributed by atoms with Crippen LogP contribution in [0.2, 0.25) is 0 Å². The fourth-order valence-corrected chi connectivity index (χ4v) is 4.15. The highest BCUT2D eigenvalue weighted by atomic mass is 16.5. The second-order valence-electron chi connectivity index (χ2n) is 7.68. The molecule has 1 aromatic heterocycles. The number of amides is 1. The largest absolute Gasteiger partial charge is 0.493 e. The second kappa shape index (κ2) is 7.71. The van der Waals surface area contributed by atoms with Gasteiger partial charge in [-0.25, -0.2) is 0 Å². The zero-order valence-corrected chi connectivity index (χ0v) is 16.3. The van der Waals surface area contributed by atoms with Gasteiger partial charge in [0.15, 0.2) is 0 Å². The van der Waals surface area contributed by atoms with Crippen LogP contribution in [0.4, 0.5) is 0 Å². The van der Waals surface area contributed by atoms with Crippen molar-refractivity contribution in [2.45, 2.75) is 58.4 Å². The monoisotopic (exact) mass is 368 g/mol. The van der Waals surface area contributed by atoms with Crippen LogP contribution in [0.1, 0.15) is 54.4 Å². The molecule has 0 radical (unpaired) electrons. The molecule has 6 heteroatoms. The molecule has 0 spiro atoms. The molecule has 2 aliphatic rings. The van der Waals surface area contributed by atoms with Crippen molar-refractivity contribution in [3.8, 4) is 5.75 Å². The summed E-state index contributed by atoms with van der Waals surface area (Å²) in [4.78, 5) is 14.5. The highest BCUT2D eigenvalue weighted by Crippen LogP contribution is 2.29. The lowest BCUT2D eigenvalue weighted by Gasteiger charge is -2.31. The topological polar surface area (TPSA) is 60.2 Å². The first-order valence-corrected chi connectivity index (χ1v) is 10.0. The Morgan fingerprint density at radius 3 is 2.81 bits per heavy atom. The first-order chi connectivity index (χ1) is 13.1. The summed E-state index contributed by atoms with van der Waals surface area (Å²) in [6, 6.07) is 6.03. The van der Waals surface area contributed by atoms with E-state index in [0.717, 1.165) is 61.9 Å². The summed E-state index contributed by atoms with van der Waals surface area (Å²) in [5, 5.41) is 8.74. The normalized spacial score (nSPS) is 17.2. The van der Waals surface area contributed by atoms with Crippen LogP contribution in [0, 0.1) is 13.8 Å². The van der Waals surface area contributed by atoms with Gasteiger partial charge >= 0.3 is 0 Å². The number of aromatic nitrogens is 3. The molecule has 2 aromatic rings. The molecule has 4 rings (SSSR count). The van der Waals surface area contributed by atoms with Crippen molar-refractivity contribution in [1.29, 1.82) is 0 Å². The highest BCUT2D eigenvalue weighted by Gasteiger charge is 2.29. The molecule has 1 saturated heterocycles. The van der Waals surface area contributed by atoms with E-state index >= 15 is 0 Å². The molecule has 0 saturated carbocycles. The molecule has 1 aromatic carbocycles. The van der Waals surface area contributed by atoms with Gasteiger partial charge in [0.05, 0.1) is 13.0 Å². The summed E-state index contributed by atoms with van der Waals surface area (Å²) in [6.45, 7) is 7.21. The zero-order valence-electron chi connectivity index (χ0n) is 16.3. The summed E-state index contributed by atoms with van der Waals surface area (Å²) >= 11 is 0. The van der Waals surface area contributed by atoms with E-state index < -0.39 is 0 Å². The molecule has 0 N–H and O–H groups in total. The number of piperidine rings is 1. The number of benzene rings is 1. The van der Waals surface area contributed by atoms with E-state index in [1.165, 1.54) is 12.0 Å². The van der Waals surface area contributed by atoms with Gasteiger partial charge in [0.25, 0.3) is 0 Å². The number of nitrogens with zero attached hydrogens (tertiary/aromatic N) is 4. The van der Waals surface area contributed by atoms with Gasteiger partial charge in [-0.2, -0.15) is 0 Å². The van der Waals surface area contributed by atoms with Crippen LogP contribution in [0.3, 0.4) is 0 Å². The van der Waals surface area contributed by atoms with E-state index in [4.69, 9.17) is 4.74 Å². The molecule has 27 heavy (non-hydrogen) atoms. The molecule has 0 atom stereocenters. The van der Waals surface area contributed by atoms with Crippen molar-refractivity contribution < 1.29 is 9.53 Å². The number of carbonyl (C=O) groups excluding carboxylic acids is 1. The van der Waals surface area contributed by atoms with Crippen molar-refractivity contribution in [2.24, 2.45) is 0 Å². The average molecular weight is 368 g/mol.